The number of rotatable bonds is 3. The first-order valence-corrected chi connectivity index (χ1v) is 7.89. The minimum atomic E-state index is 0.304. The third kappa shape index (κ3) is 1.98. The predicted molar refractivity (Wildman–Crippen MR) is 83.1 cm³/mol. The summed E-state index contributed by atoms with van der Waals surface area (Å²) in [7, 11) is 0. The van der Waals surface area contributed by atoms with Gasteiger partial charge >= 0.3 is 0 Å². The number of fused-ring (bicyclic) bond motifs is 1. The van der Waals surface area contributed by atoms with Crippen molar-refractivity contribution in [3.8, 4) is 16.9 Å². The molecule has 4 rings (SSSR count). The number of pyridine rings is 1. The smallest absolute Gasteiger partial charge is 0.149 e. The number of phenols is 1. The van der Waals surface area contributed by atoms with Crippen molar-refractivity contribution >= 4 is 22.2 Å². The van der Waals surface area contributed by atoms with E-state index in [2.05, 4.69) is 28.6 Å². The first-order valence-electron chi connectivity index (χ1n) is 6.95. The van der Waals surface area contributed by atoms with Crippen LogP contribution in [0.3, 0.4) is 0 Å². The lowest BCUT2D eigenvalue weighted by Crippen LogP contribution is -1.93. The van der Waals surface area contributed by atoms with E-state index in [0.717, 1.165) is 34.4 Å². The maximum atomic E-state index is 10.5. The molecule has 0 radical (unpaired) electrons. The summed E-state index contributed by atoms with van der Waals surface area (Å²) in [5, 5.41) is 15.7. The Labute approximate surface area is 121 Å². The first kappa shape index (κ1) is 11.9. The quantitative estimate of drug-likeness (QED) is 0.759. The second kappa shape index (κ2) is 4.60. The summed E-state index contributed by atoms with van der Waals surface area (Å²) in [6.45, 7) is 0. The number of nitrogens with zero attached hydrogens (tertiary/aromatic N) is 1. The topological polar surface area (TPSA) is 33.1 Å². The maximum absolute atomic E-state index is 10.5. The fraction of sp³-hybridized carbons (Fsp3) is 0.235. The lowest BCUT2D eigenvalue weighted by atomic mass is 9.96. The van der Waals surface area contributed by atoms with Crippen molar-refractivity contribution in [3.63, 3.8) is 0 Å². The van der Waals surface area contributed by atoms with Gasteiger partial charge in [-0.15, -0.1) is 0 Å². The van der Waals surface area contributed by atoms with Gasteiger partial charge in [-0.05, 0) is 65.3 Å². The molecule has 0 unspecified atom stereocenters. The Kier molecular flexibility index (Phi) is 2.74. The average molecular weight is 281 g/mol. The van der Waals surface area contributed by atoms with Gasteiger partial charge in [0.05, 0.1) is 0 Å². The van der Waals surface area contributed by atoms with Gasteiger partial charge in [-0.1, -0.05) is 6.07 Å². The van der Waals surface area contributed by atoms with Gasteiger partial charge in [-0.2, -0.15) is 11.3 Å². The number of hydrogen-bond donors (Lipinski definition) is 1. The Morgan fingerprint density at radius 1 is 1.30 bits per heavy atom. The van der Waals surface area contributed by atoms with Gasteiger partial charge in [0.2, 0.25) is 0 Å². The summed E-state index contributed by atoms with van der Waals surface area (Å²) in [6.07, 6.45) is 5.51. The molecule has 0 bridgehead atoms. The Bertz CT molecular complexity index is 760. The zero-order valence-corrected chi connectivity index (χ0v) is 11.9. The highest BCUT2D eigenvalue weighted by Crippen LogP contribution is 2.41. The molecule has 1 aliphatic rings. The molecular formula is C17H15NOS. The summed E-state index contributed by atoms with van der Waals surface area (Å²) in [5.41, 5.74) is 4.03. The van der Waals surface area contributed by atoms with E-state index in [0.29, 0.717) is 5.75 Å². The van der Waals surface area contributed by atoms with E-state index in [9.17, 15) is 5.11 Å². The molecule has 0 saturated heterocycles. The van der Waals surface area contributed by atoms with Crippen LogP contribution in [-0.2, 0) is 6.42 Å². The fourth-order valence-electron chi connectivity index (χ4n) is 2.74. The van der Waals surface area contributed by atoms with E-state index in [4.69, 9.17) is 0 Å². The summed E-state index contributed by atoms with van der Waals surface area (Å²) in [6, 6.07) is 8.22. The molecule has 2 heterocycles. The number of phenolic OH excluding ortho intramolecular Hbond substituents is 1. The third-order valence-electron chi connectivity index (χ3n) is 3.99. The van der Waals surface area contributed by atoms with Gasteiger partial charge < -0.3 is 5.11 Å². The standard InChI is InChI=1S/C17H15NOS/c19-17-15(12-5-7-20-10-12)9-13(8-11-3-4-11)14-2-1-6-18-16(14)17/h1-2,5-7,9-11,19H,3-4,8H2. The number of thiophene rings is 1. The highest BCUT2D eigenvalue weighted by molar-refractivity contribution is 7.08. The third-order valence-corrected chi connectivity index (χ3v) is 4.67. The number of aromatic hydroxyl groups is 1. The highest BCUT2D eigenvalue weighted by Gasteiger charge is 2.24. The van der Waals surface area contributed by atoms with Gasteiger partial charge in [-0.25, -0.2) is 0 Å². The Morgan fingerprint density at radius 3 is 2.95 bits per heavy atom. The zero-order valence-electron chi connectivity index (χ0n) is 11.0. The maximum Gasteiger partial charge on any atom is 0.149 e. The molecule has 100 valence electrons. The van der Waals surface area contributed by atoms with Gasteiger partial charge in [-0.3, -0.25) is 4.98 Å². The van der Waals surface area contributed by atoms with Crippen LogP contribution in [0, 0.1) is 5.92 Å². The summed E-state index contributed by atoms with van der Waals surface area (Å²) in [4.78, 5) is 4.39. The van der Waals surface area contributed by atoms with Crippen molar-refractivity contribution in [2.24, 2.45) is 5.92 Å². The molecule has 0 atom stereocenters. The monoisotopic (exact) mass is 281 g/mol. The minimum Gasteiger partial charge on any atom is -0.505 e. The molecule has 0 aliphatic heterocycles. The largest absolute Gasteiger partial charge is 0.505 e. The van der Waals surface area contributed by atoms with Crippen molar-refractivity contribution in [1.82, 2.24) is 4.98 Å². The molecule has 20 heavy (non-hydrogen) atoms. The summed E-state index contributed by atoms with van der Waals surface area (Å²) >= 11 is 1.65. The van der Waals surface area contributed by atoms with E-state index in [1.54, 1.807) is 17.5 Å². The molecule has 0 amide bonds. The highest BCUT2D eigenvalue weighted by atomic mass is 32.1. The molecule has 1 N–H and O–H groups in total. The van der Waals surface area contributed by atoms with Crippen LogP contribution in [-0.4, -0.2) is 10.1 Å². The van der Waals surface area contributed by atoms with Crippen LogP contribution in [0.5, 0.6) is 5.75 Å². The lowest BCUT2D eigenvalue weighted by Gasteiger charge is -2.11. The number of hydrogen-bond acceptors (Lipinski definition) is 3. The molecule has 1 aromatic carbocycles. The lowest BCUT2D eigenvalue weighted by molar-refractivity contribution is 0.482. The van der Waals surface area contributed by atoms with Gasteiger partial charge in [0, 0.05) is 17.1 Å². The minimum absolute atomic E-state index is 0.304. The molecule has 2 nitrogen and oxygen atoms in total. The Morgan fingerprint density at radius 2 is 2.20 bits per heavy atom. The van der Waals surface area contributed by atoms with Crippen LogP contribution in [0.4, 0.5) is 0 Å². The van der Waals surface area contributed by atoms with Crippen LogP contribution in [0.2, 0.25) is 0 Å². The van der Waals surface area contributed by atoms with Gasteiger partial charge in [0.1, 0.15) is 11.3 Å². The SMILES string of the molecule is Oc1c(-c2ccsc2)cc(CC2CC2)c2cccnc12. The van der Waals surface area contributed by atoms with E-state index in [1.807, 2.05) is 11.4 Å². The van der Waals surface area contributed by atoms with Crippen LogP contribution in [0.25, 0.3) is 22.0 Å². The molecule has 3 heteroatoms. The van der Waals surface area contributed by atoms with E-state index < -0.39 is 0 Å². The molecule has 3 aromatic rings. The van der Waals surface area contributed by atoms with Crippen LogP contribution in [0.15, 0.2) is 41.2 Å². The van der Waals surface area contributed by atoms with Crippen LogP contribution < -0.4 is 0 Å². The second-order valence-electron chi connectivity index (χ2n) is 5.49. The molecule has 1 fully saturated rings. The molecular weight excluding hydrogens is 266 g/mol. The Hall–Kier alpha value is -1.87. The average Bonchev–Trinajstić information content (AvgIpc) is 3.13. The van der Waals surface area contributed by atoms with Crippen LogP contribution >= 0.6 is 11.3 Å². The van der Waals surface area contributed by atoms with Crippen LogP contribution in [0.1, 0.15) is 18.4 Å². The zero-order chi connectivity index (χ0) is 13.5. The van der Waals surface area contributed by atoms with Gasteiger partial charge in [0.25, 0.3) is 0 Å². The predicted octanol–water partition coefficient (Wildman–Crippen LogP) is 4.62. The number of aromatic nitrogens is 1. The Balaban J connectivity index is 1.97. The normalized spacial score (nSPS) is 14.8. The second-order valence-corrected chi connectivity index (χ2v) is 6.27. The molecule has 1 saturated carbocycles. The van der Waals surface area contributed by atoms with Gasteiger partial charge in [0.15, 0.2) is 0 Å². The number of benzene rings is 1. The first-order chi connectivity index (χ1) is 9.83. The van der Waals surface area contributed by atoms with E-state index >= 15 is 0 Å². The van der Waals surface area contributed by atoms with Crippen molar-refractivity contribution in [2.45, 2.75) is 19.3 Å². The molecule has 1 aliphatic carbocycles. The summed E-state index contributed by atoms with van der Waals surface area (Å²) in [5.74, 6) is 1.12. The fourth-order valence-corrected chi connectivity index (χ4v) is 3.40. The van der Waals surface area contributed by atoms with Crippen molar-refractivity contribution in [3.05, 3.63) is 46.8 Å². The summed E-state index contributed by atoms with van der Waals surface area (Å²) < 4.78 is 0. The van der Waals surface area contributed by atoms with Crippen molar-refractivity contribution < 1.29 is 5.11 Å². The van der Waals surface area contributed by atoms with Crippen molar-refractivity contribution in [1.29, 1.82) is 0 Å². The van der Waals surface area contributed by atoms with E-state index in [1.165, 1.54) is 18.4 Å². The molecule has 2 aromatic heterocycles. The van der Waals surface area contributed by atoms with E-state index in [-0.39, 0.29) is 0 Å². The molecule has 0 spiro atoms. The van der Waals surface area contributed by atoms with Crippen molar-refractivity contribution in [2.75, 3.05) is 0 Å².